The van der Waals surface area contributed by atoms with E-state index in [0.29, 0.717) is 11.8 Å². The molecular weight excluding hydrogens is 372 g/mol. The van der Waals surface area contributed by atoms with Crippen LogP contribution in [0.2, 0.25) is 0 Å². The zero-order valence-electron chi connectivity index (χ0n) is 13.1. The molecule has 2 aromatic rings. The van der Waals surface area contributed by atoms with Crippen LogP contribution in [0.1, 0.15) is 24.8 Å². The second-order valence-electron chi connectivity index (χ2n) is 6.95. The van der Waals surface area contributed by atoms with Crippen LogP contribution in [-0.4, -0.2) is 28.0 Å². The van der Waals surface area contributed by atoms with E-state index in [9.17, 15) is 14.7 Å². The molecule has 5 nitrogen and oxygen atoms in total. The fourth-order valence-corrected chi connectivity index (χ4v) is 3.94. The number of hydrogen-bond acceptors (Lipinski definition) is 2. The highest BCUT2D eigenvalue weighted by Crippen LogP contribution is 2.54. The standard InChI is InChI=1S/C18H19BrN2O3/c19-11-3-4-15-13(6-11)10(8-20-15)5-16(18(23)24)21-17(22)14-7-12(14)9-1-2-9/h3-4,6,8-9,12,14,16,20H,1-2,5,7H2,(H,21,22)(H,23,24). The Morgan fingerprint density at radius 2 is 2.17 bits per heavy atom. The summed E-state index contributed by atoms with van der Waals surface area (Å²) in [6.07, 6.45) is 5.46. The topological polar surface area (TPSA) is 82.2 Å². The van der Waals surface area contributed by atoms with Crippen LogP contribution >= 0.6 is 15.9 Å². The highest BCUT2D eigenvalue weighted by Gasteiger charge is 2.51. The van der Waals surface area contributed by atoms with Crippen molar-refractivity contribution in [3.63, 3.8) is 0 Å². The fraction of sp³-hybridized carbons (Fsp3) is 0.444. The molecule has 0 aliphatic heterocycles. The van der Waals surface area contributed by atoms with Gasteiger partial charge in [0.05, 0.1) is 0 Å². The molecule has 1 heterocycles. The van der Waals surface area contributed by atoms with E-state index in [1.165, 1.54) is 12.8 Å². The number of halogens is 1. The number of rotatable bonds is 6. The number of carbonyl (C=O) groups excluding carboxylic acids is 1. The summed E-state index contributed by atoms with van der Waals surface area (Å²) in [7, 11) is 0. The van der Waals surface area contributed by atoms with Crippen molar-refractivity contribution in [2.75, 3.05) is 0 Å². The van der Waals surface area contributed by atoms with Crippen molar-refractivity contribution in [1.29, 1.82) is 0 Å². The second kappa shape index (κ2) is 5.92. The molecule has 126 valence electrons. The van der Waals surface area contributed by atoms with E-state index in [2.05, 4.69) is 26.2 Å². The van der Waals surface area contributed by atoms with Gasteiger partial charge in [-0.3, -0.25) is 4.79 Å². The molecule has 24 heavy (non-hydrogen) atoms. The monoisotopic (exact) mass is 390 g/mol. The summed E-state index contributed by atoms with van der Waals surface area (Å²) < 4.78 is 0.942. The average Bonchev–Trinajstić information content (AvgIpc) is 3.43. The number of aliphatic carboxylic acids is 1. The fourth-order valence-electron chi connectivity index (χ4n) is 3.58. The minimum absolute atomic E-state index is 0.0245. The largest absolute Gasteiger partial charge is 0.480 e. The summed E-state index contributed by atoms with van der Waals surface area (Å²) >= 11 is 3.44. The van der Waals surface area contributed by atoms with E-state index in [-0.39, 0.29) is 18.2 Å². The molecule has 1 aromatic carbocycles. The van der Waals surface area contributed by atoms with E-state index in [1.807, 2.05) is 24.4 Å². The van der Waals surface area contributed by atoms with Gasteiger partial charge in [-0.05, 0) is 54.9 Å². The third kappa shape index (κ3) is 3.07. The first-order chi connectivity index (χ1) is 11.5. The van der Waals surface area contributed by atoms with Gasteiger partial charge in [-0.2, -0.15) is 0 Å². The Morgan fingerprint density at radius 1 is 1.38 bits per heavy atom. The van der Waals surface area contributed by atoms with Crippen molar-refractivity contribution in [1.82, 2.24) is 10.3 Å². The van der Waals surface area contributed by atoms with Crippen LogP contribution in [-0.2, 0) is 16.0 Å². The Balaban J connectivity index is 1.47. The number of carbonyl (C=O) groups is 2. The molecule has 3 N–H and O–H groups in total. The molecule has 0 bridgehead atoms. The number of carboxylic acid groups (broad SMARTS) is 1. The van der Waals surface area contributed by atoms with E-state index in [1.54, 1.807) is 0 Å². The van der Waals surface area contributed by atoms with Crippen molar-refractivity contribution in [2.45, 2.75) is 31.7 Å². The molecule has 1 amide bonds. The number of nitrogens with one attached hydrogen (secondary N) is 2. The predicted octanol–water partition coefficient (Wildman–Crippen LogP) is 3.09. The first kappa shape index (κ1) is 15.7. The summed E-state index contributed by atoms with van der Waals surface area (Å²) in [5, 5.41) is 13.2. The lowest BCUT2D eigenvalue weighted by Gasteiger charge is -2.14. The SMILES string of the molecule is O=C(O)C(Cc1c[nH]c2ccc(Br)cc12)NC(=O)C1CC1C1CC1. The normalized spacial score (nSPS) is 23.9. The number of aromatic nitrogens is 1. The zero-order chi connectivity index (χ0) is 16.8. The van der Waals surface area contributed by atoms with Crippen molar-refractivity contribution in [3.8, 4) is 0 Å². The molecule has 2 saturated carbocycles. The Bertz CT molecular complexity index is 812. The first-order valence-corrected chi connectivity index (χ1v) is 9.11. The Morgan fingerprint density at radius 3 is 2.88 bits per heavy atom. The third-order valence-electron chi connectivity index (χ3n) is 5.17. The summed E-state index contributed by atoms with van der Waals surface area (Å²) in [5.74, 6) is 0.131. The van der Waals surface area contributed by atoms with E-state index in [0.717, 1.165) is 27.4 Å². The minimum atomic E-state index is -0.990. The maximum absolute atomic E-state index is 12.3. The van der Waals surface area contributed by atoms with Gasteiger partial charge in [0.15, 0.2) is 0 Å². The molecule has 1 aromatic heterocycles. The molecule has 6 heteroatoms. The maximum atomic E-state index is 12.3. The average molecular weight is 391 g/mol. The number of amides is 1. The third-order valence-corrected chi connectivity index (χ3v) is 5.67. The van der Waals surface area contributed by atoms with Crippen LogP contribution in [0.4, 0.5) is 0 Å². The van der Waals surface area contributed by atoms with Crippen LogP contribution in [0.15, 0.2) is 28.9 Å². The van der Waals surface area contributed by atoms with Gasteiger partial charge in [0.25, 0.3) is 0 Å². The molecule has 0 saturated heterocycles. The van der Waals surface area contributed by atoms with Gasteiger partial charge in [-0.1, -0.05) is 15.9 Å². The predicted molar refractivity (Wildman–Crippen MR) is 93.6 cm³/mol. The Labute approximate surface area is 147 Å². The smallest absolute Gasteiger partial charge is 0.326 e. The second-order valence-corrected chi connectivity index (χ2v) is 7.87. The molecule has 0 spiro atoms. The lowest BCUT2D eigenvalue weighted by molar-refractivity contribution is -0.142. The van der Waals surface area contributed by atoms with Gasteiger partial charge in [0.2, 0.25) is 5.91 Å². The van der Waals surface area contributed by atoms with Gasteiger partial charge < -0.3 is 15.4 Å². The molecule has 3 atom stereocenters. The van der Waals surface area contributed by atoms with Crippen molar-refractivity contribution < 1.29 is 14.7 Å². The number of carboxylic acids is 1. The van der Waals surface area contributed by atoms with Crippen molar-refractivity contribution in [3.05, 3.63) is 34.4 Å². The highest BCUT2D eigenvalue weighted by molar-refractivity contribution is 9.10. The quantitative estimate of drug-likeness (QED) is 0.708. The van der Waals surface area contributed by atoms with Crippen LogP contribution < -0.4 is 5.32 Å². The number of fused-ring (bicyclic) bond motifs is 1. The van der Waals surface area contributed by atoms with Gasteiger partial charge in [-0.15, -0.1) is 0 Å². The molecule has 4 rings (SSSR count). The Kier molecular flexibility index (Phi) is 3.87. The molecule has 3 unspecified atom stereocenters. The molecule has 2 fully saturated rings. The van der Waals surface area contributed by atoms with Crippen molar-refractivity contribution in [2.24, 2.45) is 17.8 Å². The zero-order valence-corrected chi connectivity index (χ0v) is 14.7. The van der Waals surface area contributed by atoms with Gasteiger partial charge >= 0.3 is 5.97 Å². The summed E-state index contributed by atoms with van der Waals surface area (Å²) in [4.78, 5) is 27.1. The van der Waals surface area contributed by atoms with E-state index < -0.39 is 12.0 Å². The van der Waals surface area contributed by atoms with E-state index in [4.69, 9.17) is 0 Å². The van der Waals surface area contributed by atoms with E-state index >= 15 is 0 Å². The number of benzene rings is 1. The van der Waals surface area contributed by atoms with Crippen LogP contribution in [0.5, 0.6) is 0 Å². The Hall–Kier alpha value is -1.82. The summed E-state index contributed by atoms with van der Waals surface area (Å²) in [5.41, 5.74) is 1.85. The molecule has 0 radical (unpaired) electrons. The highest BCUT2D eigenvalue weighted by atomic mass is 79.9. The van der Waals surface area contributed by atoms with Crippen LogP contribution in [0.25, 0.3) is 10.9 Å². The first-order valence-electron chi connectivity index (χ1n) is 8.31. The minimum Gasteiger partial charge on any atom is -0.480 e. The lowest BCUT2D eigenvalue weighted by atomic mass is 10.0. The number of H-pyrrole nitrogens is 1. The number of hydrogen-bond donors (Lipinski definition) is 3. The molecular formula is C18H19BrN2O3. The maximum Gasteiger partial charge on any atom is 0.326 e. The molecule has 2 aliphatic rings. The number of aromatic amines is 1. The van der Waals surface area contributed by atoms with Gasteiger partial charge in [0.1, 0.15) is 6.04 Å². The summed E-state index contributed by atoms with van der Waals surface area (Å²) in [6.45, 7) is 0. The van der Waals surface area contributed by atoms with Crippen LogP contribution in [0.3, 0.4) is 0 Å². The van der Waals surface area contributed by atoms with Gasteiger partial charge in [0, 0.05) is 33.9 Å². The van der Waals surface area contributed by atoms with Gasteiger partial charge in [-0.25, -0.2) is 4.79 Å². The molecule has 2 aliphatic carbocycles. The lowest BCUT2D eigenvalue weighted by Crippen LogP contribution is -2.43. The van der Waals surface area contributed by atoms with Crippen LogP contribution in [0, 0.1) is 17.8 Å². The van der Waals surface area contributed by atoms with Crippen molar-refractivity contribution >= 4 is 38.7 Å². The summed E-state index contributed by atoms with van der Waals surface area (Å²) in [6, 6.07) is 4.95.